The first kappa shape index (κ1) is 19.2. The highest BCUT2D eigenvalue weighted by Gasteiger charge is 2.08. The monoisotopic (exact) mass is 387 g/mol. The quantitative estimate of drug-likeness (QED) is 0.264. The van der Waals surface area contributed by atoms with Crippen LogP contribution in [-0.4, -0.2) is 18.2 Å². The van der Waals surface area contributed by atoms with E-state index in [1.807, 2.05) is 24.3 Å². The van der Waals surface area contributed by atoms with Crippen molar-refractivity contribution in [2.75, 3.05) is 11.9 Å². The number of amidine groups is 1. The third-order valence-corrected chi connectivity index (χ3v) is 4.28. The molecule has 4 N–H and O–H groups in total. The van der Waals surface area contributed by atoms with Gasteiger partial charge in [0.05, 0.1) is 6.54 Å². The molecule has 3 aromatic carbocycles. The molecule has 0 aliphatic rings. The summed E-state index contributed by atoms with van der Waals surface area (Å²) < 4.78 is 0. The second kappa shape index (κ2) is 8.90. The van der Waals surface area contributed by atoms with Crippen molar-refractivity contribution in [2.24, 2.45) is 5.73 Å². The van der Waals surface area contributed by atoms with Crippen LogP contribution < -0.4 is 11.1 Å². The number of hydrogen-bond acceptors (Lipinski definition) is 3. The first-order valence-corrected chi connectivity index (χ1v) is 8.98. The fourth-order valence-corrected chi connectivity index (χ4v) is 2.75. The molecule has 0 heterocycles. The highest BCUT2D eigenvalue weighted by atomic mass is 35.5. The maximum atomic E-state index is 12.5. The average molecular weight is 388 g/mol. The summed E-state index contributed by atoms with van der Waals surface area (Å²) in [5.74, 6) is 6.08. The summed E-state index contributed by atoms with van der Waals surface area (Å²) in [6, 6.07) is 21.4. The zero-order chi connectivity index (χ0) is 19.9. The molecule has 0 bridgehead atoms. The zero-order valence-electron chi connectivity index (χ0n) is 15.0. The van der Waals surface area contributed by atoms with E-state index in [4.69, 9.17) is 22.7 Å². The molecule has 4 nitrogen and oxygen atoms in total. The van der Waals surface area contributed by atoms with Gasteiger partial charge in [-0.2, -0.15) is 0 Å². The summed E-state index contributed by atoms with van der Waals surface area (Å²) in [6.45, 7) is 0.475. The molecule has 0 spiro atoms. The fraction of sp³-hybridized carbons (Fsp3) is 0.0435. The molecule has 0 aliphatic heterocycles. The Bertz CT molecular complexity index is 1060. The Morgan fingerprint density at radius 1 is 0.964 bits per heavy atom. The van der Waals surface area contributed by atoms with Gasteiger partial charge in [0.25, 0.3) is 0 Å². The molecule has 3 rings (SSSR count). The van der Waals surface area contributed by atoms with Crippen LogP contribution in [0.3, 0.4) is 0 Å². The van der Waals surface area contributed by atoms with Crippen LogP contribution in [0.2, 0.25) is 5.02 Å². The molecule has 3 aromatic rings. The summed E-state index contributed by atoms with van der Waals surface area (Å²) in [5, 5.41) is 11.1. The fourth-order valence-electron chi connectivity index (χ4n) is 2.56. The number of halogens is 1. The predicted molar refractivity (Wildman–Crippen MR) is 114 cm³/mol. The highest BCUT2D eigenvalue weighted by molar-refractivity contribution is 6.31. The van der Waals surface area contributed by atoms with Crippen molar-refractivity contribution in [3.63, 3.8) is 0 Å². The van der Waals surface area contributed by atoms with Crippen molar-refractivity contribution >= 4 is 28.9 Å². The van der Waals surface area contributed by atoms with Gasteiger partial charge in [-0.05, 0) is 60.7 Å². The van der Waals surface area contributed by atoms with E-state index in [1.54, 1.807) is 48.5 Å². The normalized spacial score (nSPS) is 9.89. The number of hydrogen-bond donors (Lipinski definition) is 3. The summed E-state index contributed by atoms with van der Waals surface area (Å²) in [7, 11) is 0. The molecule has 0 amide bonds. The van der Waals surface area contributed by atoms with Crippen LogP contribution in [0.25, 0.3) is 0 Å². The number of anilines is 1. The van der Waals surface area contributed by atoms with Crippen LogP contribution in [0.1, 0.15) is 27.0 Å². The number of rotatable bonds is 5. The molecule has 0 aromatic heterocycles. The van der Waals surface area contributed by atoms with E-state index in [2.05, 4.69) is 17.2 Å². The zero-order valence-corrected chi connectivity index (χ0v) is 15.8. The van der Waals surface area contributed by atoms with E-state index >= 15 is 0 Å². The molecular weight excluding hydrogens is 370 g/mol. The lowest BCUT2D eigenvalue weighted by Gasteiger charge is -2.03. The van der Waals surface area contributed by atoms with Crippen LogP contribution >= 0.6 is 11.6 Å². The van der Waals surface area contributed by atoms with Gasteiger partial charge < -0.3 is 11.1 Å². The molecule has 0 atom stereocenters. The summed E-state index contributed by atoms with van der Waals surface area (Å²) in [4.78, 5) is 12.5. The maximum Gasteiger partial charge on any atom is 0.193 e. The molecule has 0 saturated heterocycles. The van der Waals surface area contributed by atoms with Gasteiger partial charge in [0.2, 0.25) is 0 Å². The second-order valence-electron chi connectivity index (χ2n) is 6.06. The minimum absolute atomic E-state index is 0.0450. The first-order valence-electron chi connectivity index (χ1n) is 8.60. The topological polar surface area (TPSA) is 79.0 Å². The van der Waals surface area contributed by atoms with Crippen molar-refractivity contribution in [2.45, 2.75) is 0 Å². The van der Waals surface area contributed by atoms with Crippen molar-refractivity contribution in [1.29, 1.82) is 5.41 Å². The highest BCUT2D eigenvalue weighted by Crippen LogP contribution is 2.15. The molecular formula is C23H18ClN3O. The lowest BCUT2D eigenvalue weighted by molar-refractivity contribution is 0.103. The van der Waals surface area contributed by atoms with E-state index in [1.165, 1.54) is 0 Å². The van der Waals surface area contributed by atoms with E-state index in [0.29, 0.717) is 28.3 Å². The molecule has 0 fully saturated rings. The smallest absolute Gasteiger partial charge is 0.193 e. The molecule has 0 unspecified atom stereocenters. The number of ketones is 1. The van der Waals surface area contributed by atoms with Gasteiger partial charge in [0, 0.05) is 33.0 Å². The average Bonchev–Trinajstić information content (AvgIpc) is 2.71. The Hall–Kier alpha value is -3.55. The van der Waals surface area contributed by atoms with Crippen LogP contribution in [0.15, 0.2) is 72.8 Å². The van der Waals surface area contributed by atoms with Crippen LogP contribution in [0, 0.1) is 17.3 Å². The van der Waals surface area contributed by atoms with Crippen LogP contribution in [0.5, 0.6) is 0 Å². The van der Waals surface area contributed by atoms with Crippen LogP contribution in [-0.2, 0) is 0 Å². The van der Waals surface area contributed by atoms with E-state index in [-0.39, 0.29) is 11.6 Å². The van der Waals surface area contributed by atoms with Gasteiger partial charge in [-0.25, -0.2) is 0 Å². The predicted octanol–water partition coefficient (Wildman–Crippen LogP) is 4.32. The second-order valence-corrected chi connectivity index (χ2v) is 6.50. The summed E-state index contributed by atoms with van der Waals surface area (Å²) in [5.41, 5.74) is 9.01. The Morgan fingerprint density at radius 2 is 1.64 bits per heavy atom. The van der Waals surface area contributed by atoms with Gasteiger partial charge in [-0.15, -0.1) is 0 Å². The largest absolute Gasteiger partial charge is 0.384 e. The number of nitrogens with one attached hydrogen (secondary N) is 2. The lowest BCUT2D eigenvalue weighted by atomic mass is 10.0. The number of benzene rings is 3. The van der Waals surface area contributed by atoms with Gasteiger partial charge in [-0.1, -0.05) is 35.6 Å². The molecule has 138 valence electrons. The van der Waals surface area contributed by atoms with Gasteiger partial charge in [0.15, 0.2) is 5.78 Å². The first-order chi connectivity index (χ1) is 13.5. The summed E-state index contributed by atoms with van der Waals surface area (Å²) >= 11 is 5.95. The number of carbonyl (C=O) groups excluding carboxylic acids is 1. The number of carbonyl (C=O) groups is 1. The Balaban J connectivity index is 1.59. The number of nitrogen functional groups attached to an aromatic ring is 1. The molecule has 0 radical (unpaired) electrons. The Kier molecular flexibility index (Phi) is 6.11. The Morgan fingerprint density at radius 3 is 2.29 bits per heavy atom. The third-order valence-electron chi connectivity index (χ3n) is 4.04. The summed E-state index contributed by atoms with van der Waals surface area (Å²) in [6.07, 6.45) is 0. The van der Waals surface area contributed by atoms with Crippen LogP contribution in [0.4, 0.5) is 5.69 Å². The molecule has 5 heteroatoms. The third kappa shape index (κ3) is 5.00. The maximum absolute atomic E-state index is 12.5. The van der Waals surface area contributed by atoms with Gasteiger partial charge in [-0.3, -0.25) is 10.2 Å². The molecule has 0 saturated carbocycles. The van der Waals surface area contributed by atoms with E-state index < -0.39 is 0 Å². The Labute approximate surface area is 168 Å². The van der Waals surface area contributed by atoms with Crippen molar-refractivity contribution in [3.05, 3.63) is 100 Å². The lowest BCUT2D eigenvalue weighted by Crippen LogP contribution is -2.10. The van der Waals surface area contributed by atoms with Gasteiger partial charge >= 0.3 is 0 Å². The number of nitrogens with two attached hydrogens (primary N) is 1. The molecule has 28 heavy (non-hydrogen) atoms. The van der Waals surface area contributed by atoms with Crippen molar-refractivity contribution < 1.29 is 4.79 Å². The van der Waals surface area contributed by atoms with Gasteiger partial charge in [0.1, 0.15) is 5.84 Å². The van der Waals surface area contributed by atoms with Crippen molar-refractivity contribution in [1.82, 2.24) is 0 Å². The SMILES string of the molecule is N=C(N)c1ccc(NCC#Cc2ccc(C(=O)c3cccc(Cl)c3)cc2)cc1. The minimum atomic E-state index is -0.0716. The van der Waals surface area contributed by atoms with Crippen molar-refractivity contribution in [3.8, 4) is 11.8 Å². The molecule has 0 aliphatic carbocycles. The minimum Gasteiger partial charge on any atom is -0.384 e. The van der Waals surface area contributed by atoms with E-state index in [0.717, 1.165) is 11.3 Å². The standard InChI is InChI=1S/C23H18ClN3O/c24-20-5-1-4-19(15-20)22(28)17-8-6-16(7-9-17)3-2-14-27-21-12-10-18(11-13-21)23(25)26/h1,4-13,15,27H,14H2,(H3,25,26). The van der Waals surface area contributed by atoms with E-state index in [9.17, 15) is 4.79 Å².